The third-order valence-electron chi connectivity index (χ3n) is 5.61. The molecule has 1 fully saturated rings. The molecule has 0 bridgehead atoms. The van der Waals surface area contributed by atoms with Gasteiger partial charge in [0.2, 0.25) is 15.9 Å². The van der Waals surface area contributed by atoms with Crippen LogP contribution in [0.15, 0.2) is 53.4 Å². The van der Waals surface area contributed by atoms with Crippen LogP contribution < -0.4 is 4.74 Å². The number of piperidine rings is 1. The van der Waals surface area contributed by atoms with E-state index in [1.165, 1.54) is 0 Å². The highest BCUT2D eigenvalue weighted by Crippen LogP contribution is 2.22. The van der Waals surface area contributed by atoms with Crippen LogP contribution in [0.5, 0.6) is 5.75 Å². The van der Waals surface area contributed by atoms with E-state index < -0.39 is 10.0 Å². The van der Waals surface area contributed by atoms with E-state index >= 15 is 0 Å². The molecule has 7 heteroatoms. The number of benzene rings is 2. The van der Waals surface area contributed by atoms with Gasteiger partial charge in [0, 0.05) is 38.7 Å². The van der Waals surface area contributed by atoms with Crippen LogP contribution in [0.4, 0.5) is 0 Å². The molecular weight excluding hydrogens is 412 g/mol. The highest BCUT2D eigenvalue weighted by molar-refractivity contribution is 7.89. The topological polar surface area (TPSA) is 66.9 Å². The summed E-state index contributed by atoms with van der Waals surface area (Å²) >= 11 is 0. The Morgan fingerprint density at radius 2 is 1.71 bits per heavy atom. The molecule has 1 aliphatic rings. The van der Waals surface area contributed by atoms with Crippen molar-refractivity contribution in [3.05, 3.63) is 59.7 Å². The first kappa shape index (κ1) is 23.3. The van der Waals surface area contributed by atoms with Gasteiger partial charge in [0.05, 0.1) is 11.5 Å². The number of hydrogen-bond acceptors (Lipinski definition) is 4. The molecule has 0 unspecified atom stereocenters. The zero-order chi connectivity index (χ0) is 22.3. The molecule has 0 spiro atoms. The Morgan fingerprint density at radius 1 is 1.03 bits per heavy atom. The van der Waals surface area contributed by atoms with Crippen molar-refractivity contribution < 1.29 is 17.9 Å². The second-order valence-electron chi connectivity index (χ2n) is 7.90. The van der Waals surface area contributed by atoms with Crippen LogP contribution in [0, 0.1) is 0 Å². The van der Waals surface area contributed by atoms with E-state index in [2.05, 4.69) is 0 Å². The summed E-state index contributed by atoms with van der Waals surface area (Å²) in [6.45, 7) is 4.20. The van der Waals surface area contributed by atoms with Gasteiger partial charge in [0.1, 0.15) is 5.75 Å². The predicted molar refractivity (Wildman–Crippen MR) is 121 cm³/mol. The summed E-state index contributed by atoms with van der Waals surface area (Å²) in [7, 11) is -1.63. The van der Waals surface area contributed by atoms with Crippen LogP contribution in [0.3, 0.4) is 0 Å². The maximum atomic E-state index is 12.8. The van der Waals surface area contributed by atoms with Crippen LogP contribution in [0.25, 0.3) is 0 Å². The van der Waals surface area contributed by atoms with Crippen LogP contribution in [-0.4, -0.2) is 50.3 Å². The van der Waals surface area contributed by atoms with Crippen molar-refractivity contribution >= 4 is 15.9 Å². The first-order valence-electron chi connectivity index (χ1n) is 11.0. The van der Waals surface area contributed by atoms with Crippen molar-refractivity contribution in [2.75, 3.05) is 26.7 Å². The molecule has 2 aromatic carbocycles. The monoisotopic (exact) mass is 444 g/mol. The standard InChI is InChI=1S/C24H32N2O4S/c1-3-30-23-10-6-5-9-21(23)19-25(2)24(27)16-13-20-11-14-22(15-12-20)31(28,29)26-17-7-4-8-18-26/h5-6,9-12,14-15H,3-4,7-8,13,16-19H2,1-2H3. The Labute approximate surface area is 185 Å². The second-order valence-corrected chi connectivity index (χ2v) is 9.84. The number of ether oxygens (including phenoxy) is 1. The van der Waals surface area contributed by atoms with E-state index in [0.29, 0.717) is 44.0 Å². The minimum Gasteiger partial charge on any atom is -0.494 e. The average molecular weight is 445 g/mol. The summed E-state index contributed by atoms with van der Waals surface area (Å²) in [4.78, 5) is 14.6. The summed E-state index contributed by atoms with van der Waals surface area (Å²) in [5, 5.41) is 0. The fraction of sp³-hybridized carbons (Fsp3) is 0.458. The smallest absolute Gasteiger partial charge is 0.243 e. The first-order valence-corrected chi connectivity index (χ1v) is 12.4. The number of sulfonamides is 1. The summed E-state index contributed by atoms with van der Waals surface area (Å²) in [6, 6.07) is 14.7. The summed E-state index contributed by atoms with van der Waals surface area (Å²) in [6.07, 6.45) is 3.86. The van der Waals surface area contributed by atoms with Gasteiger partial charge in [-0.15, -0.1) is 0 Å². The molecule has 1 heterocycles. The largest absolute Gasteiger partial charge is 0.494 e. The molecule has 3 rings (SSSR count). The van der Waals surface area contributed by atoms with E-state index in [9.17, 15) is 13.2 Å². The number of hydrogen-bond donors (Lipinski definition) is 0. The molecule has 1 saturated heterocycles. The van der Waals surface area contributed by atoms with Gasteiger partial charge in [-0.1, -0.05) is 36.8 Å². The lowest BCUT2D eigenvalue weighted by Crippen LogP contribution is -2.35. The predicted octanol–water partition coefficient (Wildman–Crippen LogP) is 3.85. The minimum atomic E-state index is -3.42. The van der Waals surface area contributed by atoms with Gasteiger partial charge in [-0.25, -0.2) is 8.42 Å². The Hall–Kier alpha value is -2.38. The van der Waals surface area contributed by atoms with Crippen LogP contribution in [0.2, 0.25) is 0 Å². The number of para-hydroxylation sites is 1. The Kier molecular flexibility index (Phi) is 8.09. The van der Waals surface area contributed by atoms with Crippen molar-refractivity contribution in [1.82, 2.24) is 9.21 Å². The molecule has 1 aliphatic heterocycles. The van der Waals surface area contributed by atoms with Gasteiger partial charge in [-0.05, 0) is 49.9 Å². The van der Waals surface area contributed by atoms with E-state index in [0.717, 1.165) is 36.1 Å². The molecule has 0 saturated carbocycles. The van der Waals surface area contributed by atoms with Crippen LogP contribution >= 0.6 is 0 Å². The van der Waals surface area contributed by atoms with Crippen molar-refractivity contribution in [1.29, 1.82) is 0 Å². The molecule has 0 atom stereocenters. The summed E-state index contributed by atoms with van der Waals surface area (Å²) < 4.78 is 32.7. The molecule has 6 nitrogen and oxygen atoms in total. The SMILES string of the molecule is CCOc1ccccc1CN(C)C(=O)CCc1ccc(S(=O)(=O)N2CCCCC2)cc1. The summed E-state index contributed by atoms with van der Waals surface area (Å²) in [5.74, 6) is 0.839. The molecule has 0 radical (unpaired) electrons. The Bertz CT molecular complexity index is 967. The molecule has 2 aromatic rings. The molecule has 0 N–H and O–H groups in total. The normalized spacial score (nSPS) is 14.9. The zero-order valence-corrected chi connectivity index (χ0v) is 19.2. The molecule has 31 heavy (non-hydrogen) atoms. The highest BCUT2D eigenvalue weighted by atomic mass is 32.2. The van der Waals surface area contributed by atoms with Gasteiger partial charge >= 0.3 is 0 Å². The number of nitrogens with zero attached hydrogens (tertiary/aromatic N) is 2. The highest BCUT2D eigenvalue weighted by Gasteiger charge is 2.25. The zero-order valence-electron chi connectivity index (χ0n) is 18.4. The number of carbonyl (C=O) groups excluding carboxylic acids is 1. The fourth-order valence-electron chi connectivity index (χ4n) is 3.80. The average Bonchev–Trinajstić information content (AvgIpc) is 2.79. The maximum absolute atomic E-state index is 12.8. The van der Waals surface area contributed by atoms with Gasteiger partial charge in [0.15, 0.2) is 0 Å². The first-order chi connectivity index (χ1) is 14.9. The number of amides is 1. The second kappa shape index (κ2) is 10.8. The maximum Gasteiger partial charge on any atom is 0.243 e. The van der Waals surface area contributed by atoms with Gasteiger partial charge in [-0.3, -0.25) is 4.79 Å². The minimum absolute atomic E-state index is 0.0383. The third kappa shape index (κ3) is 6.08. The van der Waals surface area contributed by atoms with Crippen molar-refractivity contribution in [2.45, 2.75) is 50.5 Å². The lowest BCUT2D eigenvalue weighted by atomic mass is 10.1. The van der Waals surface area contributed by atoms with E-state index in [1.54, 1.807) is 28.4 Å². The molecule has 1 amide bonds. The van der Waals surface area contributed by atoms with E-state index in [1.807, 2.05) is 43.3 Å². The number of rotatable bonds is 9. The van der Waals surface area contributed by atoms with Crippen LogP contribution in [0.1, 0.15) is 43.7 Å². The molecule has 168 valence electrons. The van der Waals surface area contributed by atoms with Gasteiger partial charge < -0.3 is 9.64 Å². The third-order valence-corrected chi connectivity index (χ3v) is 7.52. The van der Waals surface area contributed by atoms with Gasteiger partial charge in [-0.2, -0.15) is 4.31 Å². The number of carbonyl (C=O) groups is 1. The lowest BCUT2D eigenvalue weighted by Gasteiger charge is -2.25. The van der Waals surface area contributed by atoms with Crippen LogP contribution in [-0.2, 0) is 27.8 Å². The molecule has 0 aromatic heterocycles. The van der Waals surface area contributed by atoms with Crippen molar-refractivity contribution in [2.24, 2.45) is 0 Å². The quantitative estimate of drug-likeness (QED) is 0.589. The van der Waals surface area contributed by atoms with Crippen molar-refractivity contribution in [3.8, 4) is 5.75 Å². The Morgan fingerprint density at radius 3 is 2.39 bits per heavy atom. The molecule has 0 aliphatic carbocycles. The Balaban J connectivity index is 1.55. The molecular formula is C24H32N2O4S. The van der Waals surface area contributed by atoms with Crippen molar-refractivity contribution in [3.63, 3.8) is 0 Å². The van der Waals surface area contributed by atoms with E-state index in [4.69, 9.17) is 4.74 Å². The van der Waals surface area contributed by atoms with Gasteiger partial charge in [0.25, 0.3) is 0 Å². The summed E-state index contributed by atoms with van der Waals surface area (Å²) in [5.41, 5.74) is 1.93. The van der Waals surface area contributed by atoms with E-state index in [-0.39, 0.29) is 5.91 Å². The number of aryl methyl sites for hydroxylation is 1. The fourth-order valence-corrected chi connectivity index (χ4v) is 5.32. The lowest BCUT2D eigenvalue weighted by molar-refractivity contribution is -0.130.